The lowest BCUT2D eigenvalue weighted by atomic mass is 9.67. The maximum atomic E-state index is 3.97. The lowest BCUT2D eigenvalue weighted by molar-refractivity contribution is 0.131. The van der Waals surface area contributed by atoms with Crippen molar-refractivity contribution >= 4 is 32.2 Å². The number of hydrogen-bond acceptors (Lipinski definition) is 1. The van der Waals surface area contributed by atoms with Crippen LogP contribution in [0.25, 0.3) is 0 Å². The molecule has 1 heterocycles. The fourth-order valence-electron chi connectivity index (χ4n) is 1.95. The van der Waals surface area contributed by atoms with Gasteiger partial charge >= 0.3 is 0 Å². The van der Waals surface area contributed by atoms with E-state index in [9.17, 15) is 0 Å². The molecule has 0 amide bonds. The molecule has 0 aliphatic carbocycles. The van der Waals surface area contributed by atoms with Gasteiger partial charge in [0.15, 0.2) is 0 Å². The van der Waals surface area contributed by atoms with Gasteiger partial charge in [0, 0.05) is 25.2 Å². The third-order valence-corrected chi connectivity index (χ3v) is 8.95. The number of hydrogen-bond donors (Lipinski definition) is 0. The zero-order valence-electron chi connectivity index (χ0n) is 10.1. The van der Waals surface area contributed by atoms with E-state index in [0.717, 1.165) is 0 Å². The van der Waals surface area contributed by atoms with Gasteiger partial charge in [0.05, 0.1) is 0 Å². The molecule has 3 heteroatoms. The zero-order chi connectivity index (χ0) is 11.4. The molecule has 0 N–H and O–H groups in total. The molecule has 14 heavy (non-hydrogen) atoms. The fraction of sp³-hybridized carbons (Fsp3) is 1.00. The lowest BCUT2D eigenvalue weighted by Crippen LogP contribution is -2.57. The standard InChI is InChI=1S/C11H20SSi2/c1-8(2)7-12-10(5,6)9(3,4)11(8,13)14/h7H2,1-6H3. The Morgan fingerprint density at radius 2 is 1.36 bits per heavy atom. The van der Waals surface area contributed by atoms with E-state index in [-0.39, 0.29) is 20.2 Å². The van der Waals surface area contributed by atoms with Gasteiger partial charge < -0.3 is 0 Å². The molecule has 0 unspecified atom stereocenters. The molecule has 0 spiro atoms. The van der Waals surface area contributed by atoms with Crippen LogP contribution in [0.4, 0.5) is 0 Å². The van der Waals surface area contributed by atoms with Crippen LogP contribution in [0.2, 0.25) is 4.66 Å². The summed E-state index contributed by atoms with van der Waals surface area (Å²) in [6.45, 7) is 14.0. The molecular weight excluding hydrogens is 220 g/mol. The highest BCUT2D eigenvalue weighted by atomic mass is 32.2. The molecule has 1 aliphatic rings. The summed E-state index contributed by atoms with van der Waals surface area (Å²) in [5, 5.41) is 0. The average molecular weight is 241 g/mol. The molecule has 78 valence electrons. The first kappa shape index (κ1) is 12.9. The van der Waals surface area contributed by atoms with Crippen LogP contribution in [0, 0.1) is 10.8 Å². The van der Waals surface area contributed by atoms with Crippen LogP contribution in [0.5, 0.6) is 0 Å². The highest BCUT2D eigenvalue weighted by Gasteiger charge is 2.58. The molecule has 1 saturated heterocycles. The highest BCUT2D eigenvalue weighted by molar-refractivity contribution is 8.00. The van der Waals surface area contributed by atoms with Crippen molar-refractivity contribution in [2.24, 2.45) is 10.8 Å². The van der Waals surface area contributed by atoms with Crippen LogP contribution in [-0.2, 0) is 0 Å². The van der Waals surface area contributed by atoms with E-state index < -0.39 is 0 Å². The molecule has 0 nitrogen and oxygen atoms in total. The van der Waals surface area contributed by atoms with E-state index in [0.29, 0.717) is 0 Å². The minimum absolute atomic E-state index is 0.00521. The minimum Gasteiger partial charge on any atom is -0.155 e. The fourth-order valence-corrected chi connectivity index (χ4v) is 4.64. The summed E-state index contributed by atoms with van der Waals surface area (Å²) in [5.41, 5.74) is 0.449. The average Bonchev–Trinajstić information content (AvgIpc) is 1.98. The van der Waals surface area contributed by atoms with Gasteiger partial charge in [0.2, 0.25) is 0 Å². The van der Waals surface area contributed by atoms with Crippen LogP contribution in [-0.4, -0.2) is 31.0 Å². The Morgan fingerprint density at radius 3 is 1.71 bits per heavy atom. The first-order chi connectivity index (χ1) is 5.96. The van der Waals surface area contributed by atoms with Gasteiger partial charge in [-0.2, -0.15) is 11.8 Å². The van der Waals surface area contributed by atoms with Crippen molar-refractivity contribution < 1.29 is 0 Å². The number of thioether (sulfide) groups is 1. The Hall–Kier alpha value is 0.784. The van der Waals surface area contributed by atoms with Crippen molar-refractivity contribution in [3.63, 3.8) is 0 Å². The van der Waals surface area contributed by atoms with Crippen LogP contribution in [0.15, 0.2) is 0 Å². The first-order valence-electron chi connectivity index (χ1n) is 5.10. The summed E-state index contributed by atoms with van der Waals surface area (Å²) < 4.78 is 0.279. The predicted molar refractivity (Wildman–Crippen MR) is 68.3 cm³/mol. The second kappa shape index (κ2) is 3.14. The molecular formula is C11H20SSi2. The van der Waals surface area contributed by atoms with Crippen molar-refractivity contribution in [2.45, 2.75) is 51.0 Å². The van der Waals surface area contributed by atoms with Gasteiger partial charge in [0.25, 0.3) is 0 Å². The van der Waals surface area contributed by atoms with Gasteiger partial charge in [-0.1, -0.05) is 41.5 Å². The molecule has 0 aromatic carbocycles. The smallest absolute Gasteiger partial charge is 0.0278 e. The van der Waals surface area contributed by atoms with Gasteiger partial charge in [-0.15, -0.1) is 0 Å². The van der Waals surface area contributed by atoms with Crippen LogP contribution in [0.1, 0.15) is 41.5 Å². The second-order valence-electron chi connectivity index (χ2n) is 6.06. The summed E-state index contributed by atoms with van der Waals surface area (Å²) in [4.78, 5) is 0. The Bertz CT molecular complexity index is 216. The van der Waals surface area contributed by atoms with Gasteiger partial charge in [-0.3, -0.25) is 0 Å². The van der Waals surface area contributed by atoms with Gasteiger partial charge in [-0.25, -0.2) is 0 Å². The molecule has 0 saturated carbocycles. The largest absolute Gasteiger partial charge is 0.155 e. The topological polar surface area (TPSA) is 0 Å². The third kappa shape index (κ3) is 1.47. The maximum absolute atomic E-state index is 3.97. The van der Waals surface area contributed by atoms with Crippen molar-refractivity contribution in [3.8, 4) is 0 Å². The monoisotopic (exact) mass is 240 g/mol. The SMILES string of the molecule is CC1(C)CSC(C)(C)C(C)(C)C1([Si])[Si]. The summed E-state index contributed by atoms with van der Waals surface area (Å²) in [6, 6.07) is 0. The lowest BCUT2D eigenvalue weighted by Gasteiger charge is -2.63. The Morgan fingerprint density at radius 1 is 0.929 bits per heavy atom. The third-order valence-electron chi connectivity index (χ3n) is 4.25. The van der Waals surface area contributed by atoms with Crippen molar-refractivity contribution in [2.75, 3.05) is 5.75 Å². The van der Waals surface area contributed by atoms with Crippen LogP contribution >= 0.6 is 11.8 Å². The van der Waals surface area contributed by atoms with Crippen LogP contribution < -0.4 is 0 Å². The minimum atomic E-state index is -0.00521. The molecule has 0 bridgehead atoms. The quantitative estimate of drug-likeness (QED) is 0.587. The molecule has 1 fully saturated rings. The van der Waals surface area contributed by atoms with Crippen molar-refractivity contribution in [3.05, 3.63) is 0 Å². The number of rotatable bonds is 0. The maximum Gasteiger partial charge on any atom is 0.0278 e. The van der Waals surface area contributed by atoms with Crippen LogP contribution in [0.3, 0.4) is 0 Å². The van der Waals surface area contributed by atoms with Gasteiger partial charge in [-0.05, 0) is 21.2 Å². The molecule has 0 aromatic rings. The van der Waals surface area contributed by atoms with E-state index in [1.807, 2.05) is 0 Å². The Labute approximate surface area is 99.8 Å². The highest BCUT2D eigenvalue weighted by Crippen LogP contribution is 2.66. The molecule has 0 aromatic heterocycles. The van der Waals surface area contributed by atoms with Crippen molar-refractivity contribution in [1.82, 2.24) is 0 Å². The summed E-state index contributed by atoms with van der Waals surface area (Å²) in [5.74, 6) is 1.18. The summed E-state index contributed by atoms with van der Waals surface area (Å²) in [6.07, 6.45) is 0. The normalized spacial score (nSPS) is 32.6. The molecule has 1 rings (SSSR count). The molecule has 6 radical (unpaired) electrons. The molecule has 1 aliphatic heterocycles. The predicted octanol–water partition coefficient (Wildman–Crippen LogP) is 3.02. The van der Waals surface area contributed by atoms with E-state index >= 15 is 0 Å². The zero-order valence-corrected chi connectivity index (χ0v) is 12.9. The molecule has 0 atom stereocenters. The first-order valence-corrected chi connectivity index (χ1v) is 7.08. The Balaban J connectivity index is 3.20. The van der Waals surface area contributed by atoms with E-state index in [1.165, 1.54) is 5.75 Å². The summed E-state index contributed by atoms with van der Waals surface area (Å²) in [7, 11) is 7.94. The summed E-state index contributed by atoms with van der Waals surface area (Å²) >= 11 is 2.07. The van der Waals surface area contributed by atoms with E-state index in [1.54, 1.807) is 0 Å². The van der Waals surface area contributed by atoms with E-state index in [2.05, 4.69) is 73.8 Å². The van der Waals surface area contributed by atoms with Crippen molar-refractivity contribution in [1.29, 1.82) is 0 Å². The second-order valence-corrected chi connectivity index (χ2v) is 9.66. The van der Waals surface area contributed by atoms with E-state index in [4.69, 9.17) is 0 Å². The van der Waals surface area contributed by atoms with Gasteiger partial charge in [0.1, 0.15) is 0 Å². The Kier molecular flexibility index (Phi) is 2.88.